The number of benzene rings is 2. The van der Waals surface area contributed by atoms with E-state index in [1.54, 1.807) is 12.1 Å². The molecule has 29 heavy (non-hydrogen) atoms. The quantitative estimate of drug-likeness (QED) is 0.506. The van der Waals surface area contributed by atoms with Gasteiger partial charge < -0.3 is 14.8 Å². The van der Waals surface area contributed by atoms with Crippen LogP contribution >= 0.6 is 0 Å². The third-order valence-corrected chi connectivity index (χ3v) is 4.44. The molecule has 1 N–H and O–H groups in total. The fourth-order valence-electron chi connectivity index (χ4n) is 2.84. The summed E-state index contributed by atoms with van der Waals surface area (Å²) in [6, 6.07) is 14.6. The first-order chi connectivity index (χ1) is 14.0. The van der Waals surface area contributed by atoms with Crippen molar-refractivity contribution in [1.29, 1.82) is 0 Å². The Kier molecular flexibility index (Phi) is 9.22. The van der Waals surface area contributed by atoms with Gasteiger partial charge in [0, 0.05) is 18.4 Å². The average molecular weight is 398 g/mol. The summed E-state index contributed by atoms with van der Waals surface area (Å²) in [7, 11) is 0. The van der Waals surface area contributed by atoms with Crippen LogP contribution in [0.25, 0.3) is 0 Å². The van der Waals surface area contributed by atoms with Gasteiger partial charge in [-0.15, -0.1) is 0 Å². The first-order valence-corrected chi connectivity index (χ1v) is 10.3. The zero-order valence-electron chi connectivity index (χ0n) is 17.6. The van der Waals surface area contributed by atoms with E-state index < -0.39 is 0 Å². The molecule has 2 aromatic carbocycles. The molecule has 0 radical (unpaired) electrons. The van der Waals surface area contributed by atoms with Crippen molar-refractivity contribution in [1.82, 2.24) is 5.32 Å². The monoisotopic (exact) mass is 397 g/mol. The lowest BCUT2D eigenvalue weighted by Gasteiger charge is -2.18. The van der Waals surface area contributed by atoms with Crippen molar-refractivity contribution >= 4 is 11.7 Å². The van der Waals surface area contributed by atoms with Crippen molar-refractivity contribution in [2.45, 2.75) is 52.5 Å². The van der Waals surface area contributed by atoms with E-state index in [0.29, 0.717) is 24.5 Å². The van der Waals surface area contributed by atoms with Crippen LogP contribution in [0.4, 0.5) is 0 Å². The Morgan fingerprint density at radius 1 is 0.897 bits per heavy atom. The zero-order valence-corrected chi connectivity index (χ0v) is 17.6. The number of carbonyl (C=O) groups is 2. The average Bonchev–Trinajstić information content (AvgIpc) is 2.75. The molecule has 1 atom stereocenters. The topological polar surface area (TPSA) is 64.6 Å². The molecule has 0 aliphatic heterocycles. The molecule has 0 fully saturated rings. The van der Waals surface area contributed by atoms with Crippen LogP contribution < -0.4 is 14.8 Å². The Hall–Kier alpha value is -2.82. The molecular weight excluding hydrogens is 366 g/mol. The highest BCUT2D eigenvalue weighted by Gasteiger charge is 2.15. The lowest BCUT2D eigenvalue weighted by Crippen LogP contribution is -2.27. The predicted molar refractivity (Wildman–Crippen MR) is 115 cm³/mol. The van der Waals surface area contributed by atoms with Crippen molar-refractivity contribution in [2.75, 3.05) is 13.2 Å². The number of Topliss-reactive ketones (excluding diaryl/α,β-unsaturated/α-hetero) is 1. The molecule has 2 aromatic rings. The summed E-state index contributed by atoms with van der Waals surface area (Å²) in [6.07, 6.45) is 2.18. The van der Waals surface area contributed by atoms with E-state index in [-0.39, 0.29) is 30.6 Å². The molecule has 0 aliphatic rings. The molecule has 1 amide bonds. The minimum Gasteiger partial charge on any atom is -0.490 e. The van der Waals surface area contributed by atoms with E-state index in [4.69, 9.17) is 9.47 Å². The van der Waals surface area contributed by atoms with E-state index in [1.807, 2.05) is 43.3 Å². The number of carbonyl (C=O) groups excluding carboxylic acids is 2. The molecule has 0 saturated heterocycles. The molecule has 0 heterocycles. The van der Waals surface area contributed by atoms with Crippen LogP contribution in [0.15, 0.2) is 48.5 Å². The van der Waals surface area contributed by atoms with Crippen LogP contribution in [0, 0.1) is 0 Å². The van der Waals surface area contributed by atoms with Crippen LogP contribution in [0.5, 0.6) is 11.5 Å². The molecule has 0 aromatic heterocycles. The van der Waals surface area contributed by atoms with Crippen molar-refractivity contribution in [3.05, 3.63) is 59.7 Å². The summed E-state index contributed by atoms with van der Waals surface area (Å²) in [5.74, 6) is 1.24. The third kappa shape index (κ3) is 7.26. The van der Waals surface area contributed by atoms with Crippen LogP contribution in [0.3, 0.4) is 0 Å². The normalized spacial score (nSPS) is 11.6. The highest BCUT2D eigenvalue weighted by atomic mass is 16.5. The third-order valence-electron chi connectivity index (χ3n) is 4.44. The molecule has 5 nitrogen and oxygen atoms in total. The predicted octanol–water partition coefficient (Wildman–Crippen LogP) is 5.10. The van der Waals surface area contributed by atoms with Crippen LogP contribution in [-0.4, -0.2) is 24.9 Å². The van der Waals surface area contributed by atoms with E-state index in [9.17, 15) is 9.59 Å². The molecule has 0 aliphatic carbocycles. The lowest BCUT2D eigenvalue weighted by molar-refractivity contribution is -0.121. The summed E-state index contributed by atoms with van der Waals surface area (Å²) < 4.78 is 11.6. The summed E-state index contributed by atoms with van der Waals surface area (Å²) in [5, 5.41) is 2.96. The van der Waals surface area contributed by atoms with Crippen molar-refractivity contribution in [3.63, 3.8) is 0 Å². The lowest BCUT2D eigenvalue weighted by atomic mass is 10.1. The van der Waals surface area contributed by atoms with Crippen LogP contribution in [-0.2, 0) is 4.79 Å². The summed E-state index contributed by atoms with van der Waals surface area (Å²) in [6.45, 7) is 7.26. The van der Waals surface area contributed by atoms with Gasteiger partial charge in [0.2, 0.25) is 5.91 Å². The maximum absolute atomic E-state index is 12.3. The van der Waals surface area contributed by atoms with Crippen molar-refractivity contribution in [3.8, 4) is 11.5 Å². The summed E-state index contributed by atoms with van der Waals surface area (Å²) in [4.78, 5) is 24.5. The zero-order chi connectivity index (χ0) is 21.1. The highest BCUT2D eigenvalue weighted by Crippen LogP contribution is 2.31. The fraction of sp³-hybridized carbons (Fsp3) is 0.417. The molecule has 156 valence electrons. The molecule has 5 heteroatoms. The van der Waals surface area contributed by atoms with Crippen LogP contribution in [0.1, 0.15) is 68.4 Å². The first kappa shape index (κ1) is 22.5. The first-order valence-electron chi connectivity index (χ1n) is 10.3. The second kappa shape index (κ2) is 11.9. The maximum Gasteiger partial charge on any atom is 0.220 e. The van der Waals surface area contributed by atoms with Gasteiger partial charge in [-0.1, -0.05) is 50.2 Å². The number of rotatable bonds is 12. The number of ketones is 1. The van der Waals surface area contributed by atoms with Gasteiger partial charge in [-0.05, 0) is 37.5 Å². The molecular formula is C24H31NO4. The van der Waals surface area contributed by atoms with Gasteiger partial charge in [0.15, 0.2) is 17.3 Å². The van der Waals surface area contributed by atoms with Gasteiger partial charge in [0.05, 0.1) is 19.3 Å². The van der Waals surface area contributed by atoms with Gasteiger partial charge in [0.25, 0.3) is 0 Å². The number of ether oxygens (including phenoxy) is 2. The largest absolute Gasteiger partial charge is 0.490 e. The summed E-state index contributed by atoms with van der Waals surface area (Å²) in [5.41, 5.74) is 1.57. The van der Waals surface area contributed by atoms with E-state index >= 15 is 0 Å². The molecule has 0 bridgehead atoms. The number of hydrogen-bond acceptors (Lipinski definition) is 4. The SMILES string of the molecule is CCCOc1ccc(C(C)NC(=O)CCC(=O)c2ccccc2)cc1OCCC. The standard InChI is InChI=1S/C24H31NO4/c1-4-15-28-22-13-11-20(17-23(22)29-16-5-2)18(3)25-24(27)14-12-21(26)19-9-7-6-8-10-19/h6-11,13,17-18H,4-5,12,14-16H2,1-3H3,(H,25,27). The second-order valence-electron chi connectivity index (χ2n) is 6.98. The summed E-state index contributed by atoms with van der Waals surface area (Å²) >= 11 is 0. The van der Waals surface area contributed by atoms with Gasteiger partial charge in [0.1, 0.15) is 0 Å². The highest BCUT2D eigenvalue weighted by molar-refractivity contribution is 5.97. The van der Waals surface area contributed by atoms with Gasteiger partial charge >= 0.3 is 0 Å². The number of amides is 1. The Bertz CT molecular complexity index is 789. The second-order valence-corrected chi connectivity index (χ2v) is 6.98. The fourth-order valence-corrected chi connectivity index (χ4v) is 2.84. The minimum atomic E-state index is -0.196. The molecule has 0 spiro atoms. The van der Waals surface area contributed by atoms with E-state index in [0.717, 1.165) is 24.2 Å². The molecule has 0 saturated carbocycles. The van der Waals surface area contributed by atoms with Gasteiger partial charge in [-0.2, -0.15) is 0 Å². The molecule has 2 rings (SSSR count). The van der Waals surface area contributed by atoms with Gasteiger partial charge in [-0.25, -0.2) is 0 Å². The smallest absolute Gasteiger partial charge is 0.220 e. The van der Waals surface area contributed by atoms with E-state index in [2.05, 4.69) is 19.2 Å². The van der Waals surface area contributed by atoms with Gasteiger partial charge in [-0.3, -0.25) is 9.59 Å². The molecule has 1 unspecified atom stereocenters. The van der Waals surface area contributed by atoms with Crippen LogP contribution in [0.2, 0.25) is 0 Å². The Balaban J connectivity index is 1.95. The number of nitrogens with one attached hydrogen (secondary N) is 1. The maximum atomic E-state index is 12.3. The number of hydrogen-bond donors (Lipinski definition) is 1. The Labute approximate surface area is 173 Å². The Morgan fingerprint density at radius 2 is 1.55 bits per heavy atom. The minimum absolute atomic E-state index is 0.0268. The van der Waals surface area contributed by atoms with Crippen molar-refractivity contribution in [2.24, 2.45) is 0 Å². The van der Waals surface area contributed by atoms with Crippen molar-refractivity contribution < 1.29 is 19.1 Å². The van der Waals surface area contributed by atoms with E-state index in [1.165, 1.54) is 0 Å². The Morgan fingerprint density at radius 3 is 2.21 bits per heavy atom.